The van der Waals surface area contributed by atoms with Gasteiger partial charge >= 0.3 is 0 Å². The van der Waals surface area contributed by atoms with Crippen LogP contribution in [-0.4, -0.2) is 45.5 Å². The van der Waals surface area contributed by atoms with Crippen molar-refractivity contribution in [2.45, 2.75) is 19.8 Å². The molecule has 0 bridgehead atoms. The Labute approximate surface area is 197 Å². The number of ether oxygens (including phenoxy) is 1. The summed E-state index contributed by atoms with van der Waals surface area (Å²) in [7, 11) is 3.28. The molecule has 0 saturated carbocycles. The summed E-state index contributed by atoms with van der Waals surface area (Å²) in [5.74, 6) is 2.24. The van der Waals surface area contributed by atoms with Gasteiger partial charge in [0.25, 0.3) is 0 Å². The minimum atomic E-state index is 0.350. The largest absolute Gasteiger partial charge is 0.495 e. The Morgan fingerprint density at radius 3 is 2.65 bits per heavy atom. The van der Waals surface area contributed by atoms with Crippen LogP contribution < -0.4 is 15.8 Å². The summed E-state index contributed by atoms with van der Waals surface area (Å²) in [4.78, 5) is 17.7. The molecule has 4 aromatic rings. The van der Waals surface area contributed by atoms with E-state index in [1.165, 1.54) is 0 Å². The number of aromatic nitrogens is 5. The number of aliphatic imine (C=N–C) groups is 1. The van der Waals surface area contributed by atoms with Gasteiger partial charge < -0.3 is 15.8 Å². The lowest BCUT2D eigenvalue weighted by Crippen LogP contribution is -2.04. The predicted octanol–water partition coefficient (Wildman–Crippen LogP) is 4.22. The Hall–Kier alpha value is -4.40. The van der Waals surface area contributed by atoms with Crippen molar-refractivity contribution in [2.24, 2.45) is 10.7 Å². The zero-order valence-electron chi connectivity index (χ0n) is 19.5. The van der Waals surface area contributed by atoms with Gasteiger partial charge in [-0.1, -0.05) is 13.8 Å². The second-order valence-corrected chi connectivity index (χ2v) is 7.94. The van der Waals surface area contributed by atoms with E-state index in [1.54, 1.807) is 45.2 Å². The number of allylic oxidation sites excluding steroid dienone is 1. The lowest BCUT2D eigenvalue weighted by Gasteiger charge is -2.11. The number of methoxy groups -OCH3 is 1. The van der Waals surface area contributed by atoms with Crippen LogP contribution in [0.25, 0.3) is 22.3 Å². The zero-order valence-corrected chi connectivity index (χ0v) is 19.5. The molecule has 0 aliphatic heterocycles. The first-order valence-corrected chi connectivity index (χ1v) is 10.8. The highest BCUT2D eigenvalue weighted by molar-refractivity contribution is 6.19. The van der Waals surface area contributed by atoms with Gasteiger partial charge in [0.15, 0.2) is 5.82 Å². The summed E-state index contributed by atoms with van der Waals surface area (Å²) in [6, 6.07) is 9.49. The molecule has 0 fully saturated rings. The molecule has 3 N–H and O–H groups in total. The first-order valence-electron chi connectivity index (χ1n) is 10.8. The third kappa shape index (κ3) is 4.98. The van der Waals surface area contributed by atoms with Gasteiger partial charge in [-0.25, -0.2) is 4.98 Å². The Kier molecular flexibility index (Phi) is 6.72. The Balaban J connectivity index is 1.73. The summed E-state index contributed by atoms with van der Waals surface area (Å²) in [6.07, 6.45) is 8.54. The van der Waals surface area contributed by atoms with Crippen molar-refractivity contribution in [1.29, 1.82) is 0 Å². The summed E-state index contributed by atoms with van der Waals surface area (Å²) in [5, 5.41) is 11.5. The standard InChI is InChI=1S/C25H26N8O/c1-15(2)16-9-24(33-30-12-16)32-23-6-5-21-22(31-23)8-17(11-29-21)20(14-27-3)25(26)18-7-19(34-4)13-28-10-18/h5-15H,26H2,1-4H3,(H,31,32,33). The summed E-state index contributed by atoms with van der Waals surface area (Å²) in [5.41, 5.74) is 11.8. The van der Waals surface area contributed by atoms with Crippen molar-refractivity contribution < 1.29 is 4.74 Å². The van der Waals surface area contributed by atoms with Gasteiger partial charge in [-0.3, -0.25) is 15.0 Å². The second-order valence-electron chi connectivity index (χ2n) is 7.94. The van der Waals surface area contributed by atoms with Crippen molar-refractivity contribution in [3.05, 3.63) is 71.8 Å². The number of anilines is 2. The van der Waals surface area contributed by atoms with Gasteiger partial charge in [-0.2, -0.15) is 5.10 Å². The second kappa shape index (κ2) is 10.0. The van der Waals surface area contributed by atoms with Gasteiger partial charge in [-0.15, -0.1) is 5.10 Å². The van der Waals surface area contributed by atoms with Crippen LogP contribution in [-0.2, 0) is 0 Å². The van der Waals surface area contributed by atoms with Crippen molar-refractivity contribution >= 4 is 40.2 Å². The van der Waals surface area contributed by atoms with Crippen LogP contribution in [0.2, 0.25) is 0 Å². The van der Waals surface area contributed by atoms with E-state index in [0.717, 1.165) is 22.2 Å². The lowest BCUT2D eigenvalue weighted by atomic mass is 10.0. The molecule has 0 radical (unpaired) electrons. The van der Waals surface area contributed by atoms with Gasteiger partial charge in [-0.05, 0) is 41.8 Å². The fourth-order valence-corrected chi connectivity index (χ4v) is 3.38. The van der Waals surface area contributed by atoms with E-state index in [9.17, 15) is 0 Å². The number of fused-ring (bicyclic) bond motifs is 1. The maximum absolute atomic E-state index is 6.51. The number of pyridine rings is 3. The number of rotatable bonds is 7. The molecule has 172 valence electrons. The summed E-state index contributed by atoms with van der Waals surface area (Å²) < 4.78 is 5.28. The number of nitrogens with one attached hydrogen (secondary N) is 1. The first-order chi connectivity index (χ1) is 16.5. The number of nitrogens with zero attached hydrogens (tertiary/aromatic N) is 6. The summed E-state index contributed by atoms with van der Waals surface area (Å²) in [6.45, 7) is 4.22. The first kappa shape index (κ1) is 22.8. The maximum Gasteiger partial charge on any atom is 0.154 e. The van der Waals surface area contributed by atoms with Crippen LogP contribution in [0.4, 0.5) is 11.6 Å². The fraction of sp³-hybridized carbons (Fsp3) is 0.200. The van der Waals surface area contributed by atoms with E-state index >= 15 is 0 Å². The van der Waals surface area contributed by atoms with Crippen LogP contribution in [0.5, 0.6) is 5.75 Å². The molecule has 0 aliphatic carbocycles. The van der Waals surface area contributed by atoms with E-state index in [2.05, 4.69) is 44.3 Å². The monoisotopic (exact) mass is 454 g/mol. The van der Waals surface area contributed by atoms with Gasteiger partial charge in [0.1, 0.15) is 11.6 Å². The van der Waals surface area contributed by atoms with Crippen molar-refractivity contribution in [3.63, 3.8) is 0 Å². The Morgan fingerprint density at radius 1 is 1.03 bits per heavy atom. The quantitative estimate of drug-likeness (QED) is 0.398. The molecular formula is C25H26N8O. The third-order valence-electron chi connectivity index (χ3n) is 5.26. The van der Waals surface area contributed by atoms with E-state index in [-0.39, 0.29) is 0 Å². The molecule has 0 aliphatic rings. The molecule has 9 nitrogen and oxygen atoms in total. The van der Waals surface area contributed by atoms with Gasteiger partial charge in [0.2, 0.25) is 0 Å². The molecule has 4 rings (SSSR count). The lowest BCUT2D eigenvalue weighted by molar-refractivity contribution is 0.412. The predicted molar refractivity (Wildman–Crippen MR) is 135 cm³/mol. The van der Waals surface area contributed by atoms with Crippen LogP contribution in [0, 0.1) is 0 Å². The number of hydrogen-bond donors (Lipinski definition) is 2. The maximum atomic E-state index is 6.51. The van der Waals surface area contributed by atoms with E-state index in [1.807, 2.05) is 30.3 Å². The van der Waals surface area contributed by atoms with Crippen LogP contribution in [0.1, 0.15) is 36.5 Å². The van der Waals surface area contributed by atoms with Crippen molar-refractivity contribution in [2.75, 3.05) is 19.5 Å². The molecule has 4 heterocycles. The van der Waals surface area contributed by atoms with Crippen molar-refractivity contribution in [1.82, 2.24) is 25.1 Å². The zero-order chi connectivity index (χ0) is 24.1. The van der Waals surface area contributed by atoms with Crippen LogP contribution in [0.15, 0.2) is 60.1 Å². The molecule has 0 saturated heterocycles. The third-order valence-corrected chi connectivity index (χ3v) is 5.26. The average Bonchev–Trinajstić information content (AvgIpc) is 2.86. The van der Waals surface area contributed by atoms with E-state index in [0.29, 0.717) is 40.1 Å². The minimum absolute atomic E-state index is 0.350. The molecule has 34 heavy (non-hydrogen) atoms. The highest BCUT2D eigenvalue weighted by Crippen LogP contribution is 2.26. The number of hydrogen-bond acceptors (Lipinski definition) is 9. The minimum Gasteiger partial charge on any atom is -0.495 e. The Morgan fingerprint density at radius 2 is 1.88 bits per heavy atom. The topological polar surface area (TPSA) is 124 Å². The molecular weight excluding hydrogens is 428 g/mol. The summed E-state index contributed by atoms with van der Waals surface area (Å²) >= 11 is 0. The van der Waals surface area contributed by atoms with Crippen LogP contribution >= 0.6 is 0 Å². The molecule has 0 amide bonds. The highest BCUT2D eigenvalue weighted by atomic mass is 16.5. The molecule has 4 aromatic heterocycles. The SMILES string of the molecule is CN=CC(=C(N)c1cncc(OC)c1)c1cnc2ccc(Nc3cc(C(C)C)cnn3)nc2c1. The molecule has 0 aromatic carbocycles. The van der Waals surface area contributed by atoms with E-state index in [4.69, 9.17) is 15.5 Å². The Bertz CT molecular complexity index is 1380. The van der Waals surface area contributed by atoms with E-state index < -0.39 is 0 Å². The normalized spacial score (nSPS) is 12.3. The van der Waals surface area contributed by atoms with Crippen LogP contribution in [0.3, 0.4) is 0 Å². The van der Waals surface area contributed by atoms with Crippen molar-refractivity contribution in [3.8, 4) is 5.75 Å². The highest BCUT2D eigenvalue weighted by Gasteiger charge is 2.11. The molecule has 0 atom stereocenters. The average molecular weight is 455 g/mol. The van der Waals surface area contributed by atoms with Gasteiger partial charge in [0.05, 0.1) is 30.5 Å². The molecule has 0 unspecified atom stereocenters. The fourth-order valence-electron chi connectivity index (χ4n) is 3.38. The smallest absolute Gasteiger partial charge is 0.154 e. The van der Waals surface area contributed by atoms with Gasteiger partial charge in [0, 0.05) is 48.1 Å². The molecule has 9 heteroatoms. The molecule has 0 spiro atoms. The number of nitrogens with two attached hydrogens (primary N) is 1.